The Kier molecular flexibility index (Phi) is 4.01. The summed E-state index contributed by atoms with van der Waals surface area (Å²) in [5, 5.41) is 3.03. The molecule has 0 atom stereocenters. The highest BCUT2D eigenvalue weighted by atomic mass is 16.5. The van der Waals surface area contributed by atoms with Crippen molar-refractivity contribution < 1.29 is 4.74 Å². The molecule has 1 rings (SSSR count). The van der Waals surface area contributed by atoms with Crippen molar-refractivity contribution in [3.63, 3.8) is 0 Å². The van der Waals surface area contributed by atoms with E-state index in [0.717, 1.165) is 23.5 Å². The van der Waals surface area contributed by atoms with Gasteiger partial charge in [0, 0.05) is 18.3 Å². The van der Waals surface area contributed by atoms with Crippen LogP contribution in [0.3, 0.4) is 0 Å². The van der Waals surface area contributed by atoms with Crippen LogP contribution in [0.5, 0.6) is 5.75 Å². The molecule has 0 radical (unpaired) electrons. The van der Waals surface area contributed by atoms with E-state index in [1.165, 1.54) is 0 Å². The Balaban J connectivity index is 2.78. The van der Waals surface area contributed by atoms with Gasteiger partial charge in [-0.2, -0.15) is 0 Å². The van der Waals surface area contributed by atoms with Crippen LogP contribution in [0.25, 0.3) is 6.08 Å². The number of hydrogen-bond donors (Lipinski definition) is 2. The van der Waals surface area contributed by atoms with Gasteiger partial charge >= 0.3 is 0 Å². The summed E-state index contributed by atoms with van der Waals surface area (Å²) in [7, 11) is 3.53. The van der Waals surface area contributed by atoms with E-state index in [2.05, 4.69) is 5.32 Å². The Bertz CT molecular complexity index is 321. The van der Waals surface area contributed by atoms with E-state index in [9.17, 15) is 0 Å². The van der Waals surface area contributed by atoms with Gasteiger partial charge in [0.1, 0.15) is 5.75 Å². The molecular weight excluding hydrogens is 176 g/mol. The Hall–Kier alpha value is -1.48. The van der Waals surface area contributed by atoms with Gasteiger partial charge in [-0.25, -0.2) is 0 Å². The third-order valence-corrected chi connectivity index (χ3v) is 1.91. The molecule has 14 heavy (non-hydrogen) atoms. The smallest absolute Gasteiger partial charge is 0.120 e. The van der Waals surface area contributed by atoms with Gasteiger partial charge in [-0.15, -0.1) is 0 Å². The average Bonchev–Trinajstić information content (AvgIpc) is 2.20. The minimum absolute atomic E-state index is 0.733. The number of methoxy groups -OCH3 is 1. The van der Waals surface area contributed by atoms with Crippen molar-refractivity contribution in [1.29, 1.82) is 0 Å². The lowest BCUT2D eigenvalue weighted by atomic mass is 10.1. The molecule has 3 N–H and O–H groups in total. The van der Waals surface area contributed by atoms with Crippen LogP contribution >= 0.6 is 0 Å². The zero-order valence-corrected chi connectivity index (χ0v) is 8.58. The van der Waals surface area contributed by atoms with Crippen molar-refractivity contribution in [3.8, 4) is 5.75 Å². The van der Waals surface area contributed by atoms with Crippen LogP contribution in [0.15, 0.2) is 24.3 Å². The van der Waals surface area contributed by atoms with Crippen LogP contribution in [0, 0.1) is 0 Å². The minimum Gasteiger partial charge on any atom is -0.497 e. The van der Waals surface area contributed by atoms with Crippen LogP contribution in [-0.2, 0) is 0 Å². The van der Waals surface area contributed by atoms with Crippen LogP contribution in [0.1, 0.15) is 5.56 Å². The fraction of sp³-hybridized carbons (Fsp3) is 0.273. The Morgan fingerprint density at radius 1 is 1.50 bits per heavy atom. The average molecular weight is 192 g/mol. The summed E-state index contributed by atoms with van der Waals surface area (Å²) < 4.78 is 5.06. The fourth-order valence-electron chi connectivity index (χ4n) is 1.14. The van der Waals surface area contributed by atoms with E-state index < -0.39 is 0 Å². The van der Waals surface area contributed by atoms with E-state index in [1.807, 2.05) is 37.4 Å². The van der Waals surface area contributed by atoms with Crippen molar-refractivity contribution in [2.45, 2.75) is 0 Å². The normalized spacial score (nSPS) is 10.7. The van der Waals surface area contributed by atoms with Crippen molar-refractivity contribution in [2.75, 3.05) is 26.4 Å². The lowest BCUT2D eigenvalue weighted by Crippen LogP contribution is -2.03. The molecule has 0 aromatic heterocycles. The number of anilines is 1. The monoisotopic (exact) mass is 192 g/mol. The van der Waals surface area contributed by atoms with Crippen molar-refractivity contribution in [2.24, 2.45) is 0 Å². The summed E-state index contributed by atoms with van der Waals surface area (Å²) in [4.78, 5) is 0. The van der Waals surface area contributed by atoms with Gasteiger partial charge in [0.15, 0.2) is 0 Å². The fourth-order valence-corrected chi connectivity index (χ4v) is 1.14. The first kappa shape index (κ1) is 10.6. The van der Waals surface area contributed by atoms with E-state index in [-0.39, 0.29) is 0 Å². The Labute approximate surface area is 84.6 Å². The standard InChI is InChI=1S/C11H16N2O/c1-13-7-3-4-9-5-6-10(14-2)8-11(9)12/h3-6,8,13H,7,12H2,1-2H3. The molecule has 3 heteroatoms. The summed E-state index contributed by atoms with van der Waals surface area (Å²) >= 11 is 0. The van der Waals surface area contributed by atoms with Crippen LogP contribution in [0.2, 0.25) is 0 Å². The van der Waals surface area contributed by atoms with Gasteiger partial charge < -0.3 is 15.8 Å². The van der Waals surface area contributed by atoms with Gasteiger partial charge in [0.05, 0.1) is 7.11 Å². The van der Waals surface area contributed by atoms with E-state index >= 15 is 0 Å². The molecule has 0 amide bonds. The lowest BCUT2D eigenvalue weighted by Gasteiger charge is -2.03. The molecule has 0 saturated carbocycles. The summed E-state index contributed by atoms with van der Waals surface area (Å²) in [5.74, 6) is 0.785. The third-order valence-electron chi connectivity index (χ3n) is 1.91. The molecule has 0 bridgehead atoms. The second-order valence-electron chi connectivity index (χ2n) is 2.95. The lowest BCUT2D eigenvalue weighted by molar-refractivity contribution is 0.415. The van der Waals surface area contributed by atoms with Crippen LogP contribution in [0.4, 0.5) is 5.69 Å². The SMILES string of the molecule is CNCC=Cc1ccc(OC)cc1N. The van der Waals surface area contributed by atoms with Gasteiger partial charge in [0.25, 0.3) is 0 Å². The number of benzene rings is 1. The molecule has 1 aromatic carbocycles. The Morgan fingerprint density at radius 2 is 2.29 bits per heavy atom. The summed E-state index contributed by atoms with van der Waals surface area (Å²) in [6.45, 7) is 0.839. The summed E-state index contributed by atoms with van der Waals surface area (Å²) in [6.07, 6.45) is 4.02. The summed E-state index contributed by atoms with van der Waals surface area (Å²) in [5.41, 5.74) is 7.58. The molecule has 76 valence electrons. The quantitative estimate of drug-likeness (QED) is 0.711. The third kappa shape index (κ3) is 2.78. The molecule has 0 aliphatic carbocycles. The van der Waals surface area contributed by atoms with Gasteiger partial charge in [-0.1, -0.05) is 12.2 Å². The zero-order valence-electron chi connectivity index (χ0n) is 8.58. The molecule has 1 aromatic rings. The number of nitrogen functional groups attached to an aromatic ring is 1. The first-order chi connectivity index (χ1) is 6.77. The minimum atomic E-state index is 0.733. The number of hydrogen-bond acceptors (Lipinski definition) is 3. The first-order valence-electron chi connectivity index (χ1n) is 4.52. The number of nitrogens with one attached hydrogen (secondary N) is 1. The molecule has 0 heterocycles. The highest BCUT2D eigenvalue weighted by molar-refractivity contribution is 5.66. The van der Waals surface area contributed by atoms with E-state index in [4.69, 9.17) is 10.5 Å². The topological polar surface area (TPSA) is 47.3 Å². The van der Waals surface area contributed by atoms with Crippen molar-refractivity contribution in [1.82, 2.24) is 5.32 Å². The molecule has 0 fully saturated rings. The molecular formula is C11H16N2O. The number of rotatable bonds is 4. The zero-order chi connectivity index (χ0) is 10.4. The van der Waals surface area contributed by atoms with E-state index in [0.29, 0.717) is 0 Å². The second kappa shape index (κ2) is 5.29. The van der Waals surface area contributed by atoms with Crippen molar-refractivity contribution in [3.05, 3.63) is 29.8 Å². The van der Waals surface area contributed by atoms with Gasteiger partial charge in [-0.3, -0.25) is 0 Å². The maximum absolute atomic E-state index is 5.83. The van der Waals surface area contributed by atoms with Crippen LogP contribution in [-0.4, -0.2) is 20.7 Å². The van der Waals surface area contributed by atoms with Gasteiger partial charge in [-0.05, 0) is 24.7 Å². The van der Waals surface area contributed by atoms with E-state index in [1.54, 1.807) is 7.11 Å². The largest absolute Gasteiger partial charge is 0.497 e. The number of likely N-dealkylation sites (N-methyl/N-ethyl adjacent to an activating group) is 1. The highest BCUT2D eigenvalue weighted by Crippen LogP contribution is 2.20. The summed E-state index contributed by atoms with van der Waals surface area (Å²) in [6, 6.07) is 5.66. The molecule has 0 spiro atoms. The maximum Gasteiger partial charge on any atom is 0.120 e. The first-order valence-corrected chi connectivity index (χ1v) is 4.52. The van der Waals surface area contributed by atoms with Crippen molar-refractivity contribution >= 4 is 11.8 Å². The predicted molar refractivity (Wildman–Crippen MR) is 60.4 cm³/mol. The number of nitrogens with two attached hydrogens (primary N) is 1. The Morgan fingerprint density at radius 3 is 2.86 bits per heavy atom. The molecule has 0 aliphatic rings. The molecule has 0 saturated heterocycles. The van der Waals surface area contributed by atoms with Crippen LogP contribution < -0.4 is 15.8 Å². The molecule has 3 nitrogen and oxygen atoms in total. The number of ether oxygens (including phenoxy) is 1. The molecule has 0 aliphatic heterocycles. The van der Waals surface area contributed by atoms with Gasteiger partial charge in [0.2, 0.25) is 0 Å². The predicted octanol–water partition coefficient (Wildman–Crippen LogP) is 1.51. The maximum atomic E-state index is 5.83. The highest BCUT2D eigenvalue weighted by Gasteiger charge is 1.96. The second-order valence-corrected chi connectivity index (χ2v) is 2.95. The molecule has 0 unspecified atom stereocenters.